The number of carbonyl (C=O) groups excluding carboxylic acids is 1. The molecular weight excluding hydrogens is 470 g/mol. The number of rotatable bonds is 9. The van der Waals surface area contributed by atoms with Crippen LogP contribution in [0.2, 0.25) is 0 Å². The Kier molecular flexibility index (Phi) is 6.30. The Balaban J connectivity index is 1.14. The van der Waals surface area contributed by atoms with Gasteiger partial charge < -0.3 is 28.4 Å². The zero-order valence-electron chi connectivity index (χ0n) is 20.8. The van der Waals surface area contributed by atoms with E-state index in [2.05, 4.69) is 10.6 Å². The highest BCUT2D eigenvalue weighted by Gasteiger charge is 2.35. The number of ether oxygens (including phenoxy) is 4. The van der Waals surface area contributed by atoms with Gasteiger partial charge in [-0.1, -0.05) is 12.1 Å². The molecule has 2 aliphatic heterocycles. The maximum absolute atomic E-state index is 13.1. The number of hydrogen-bond acceptors (Lipinski definition) is 6. The summed E-state index contributed by atoms with van der Waals surface area (Å²) in [6.07, 6.45) is 2.28. The third kappa shape index (κ3) is 4.67. The first-order valence-corrected chi connectivity index (χ1v) is 12.6. The van der Waals surface area contributed by atoms with Gasteiger partial charge >= 0.3 is 0 Å². The van der Waals surface area contributed by atoms with Gasteiger partial charge in [-0.2, -0.15) is 0 Å². The average Bonchev–Trinajstić information content (AvgIpc) is 3.65. The molecule has 0 aliphatic carbocycles. The number of anilines is 1. The fourth-order valence-corrected chi connectivity index (χ4v) is 5.06. The van der Waals surface area contributed by atoms with Gasteiger partial charge in [0.25, 0.3) is 0 Å². The summed E-state index contributed by atoms with van der Waals surface area (Å²) in [5.41, 5.74) is 2.89. The molecule has 0 saturated carbocycles. The largest absolute Gasteiger partial charge is 0.497 e. The molecule has 8 heteroatoms. The molecule has 37 heavy (non-hydrogen) atoms. The number of unbranched alkanes of at least 4 members (excludes halogenated alkanes) is 1. The van der Waals surface area contributed by atoms with E-state index < -0.39 is 0 Å². The van der Waals surface area contributed by atoms with Gasteiger partial charge in [-0.25, -0.2) is 4.98 Å². The minimum atomic E-state index is 0.0147. The van der Waals surface area contributed by atoms with Crippen LogP contribution in [0.15, 0.2) is 66.7 Å². The molecule has 1 atom stereocenters. The number of methoxy groups -OCH3 is 1. The molecular formula is C29H29N3O5. The topological polar surface area (TPSA) is 75.1 Å². The minimum Gasteiger partial charge on any atom is -0.497 e. The van der Waals surface area contributed by atoms with Gasteiger partial charge in [0.1, 0.15) is 17.3 Å². The van der Waals surface area contributed by atoms with Gasteiger partial charge in [0.2, 0.25) is 12.7 Å². The lowest BCUT2D eigenvalue weighted by atomic mass is 10.1. The van der Waals surface area contributed by atoms with Crippen LogP contribution in [0.5, 0.6) is 23.0 Å². The average molecular weight is 500 g/mol. The van der Waals surface area contributed by atoms with Crippen molar-refractivity contribution < 1.29 is 23.7 Å². The molecule has 0 spiro atoms. The Morgan fingerprint density at radius 3 is 2.65 bits per heavy atom. The molecule has 6 rings (SSSR count). The van der Waals surface area contributed by atoms with Crippen molar-refractivity contribution in [1.29, 1.82) is 0 Å². The van der Waals surface area contributed by atoms with Crippen LogP contribution in [0.25, 0.3) is 11.0 Å². The molecule has 4 aromatic rings. The van der Waals surface area contributed by atoms with Crippen molar-refractivity contribution in [2.45, 2.75) is 31.7 Å². The zero-order chi connectivity index (χ0) is 25.2. The van der Waals surface area contributed by atoms with Crippen molar-refractivity contribution in [3.05, 3.63) is 72.6 Å². The predicted molar refractivity (Wildman–Crippen MR) is 140 cm³/mol. The Morgan fingerprint density at radius 2 is 1.78 bits per heavy atom. The highest BCUT2D eigenvalue weighted by molar-refractivity contribution is 5.97. The quantitative estimate of drug-likeness (QED) is 0.297. The molecule has 3 heterocycles. The van der Waals surface area contributed by atoms with Crippen molar-refractivity contribution >= 4 is 22.6 Å². The number of aryl methyl sites for hydroxylation is 1. The summed E-state index contributed by atoms with van der Waals surface area (Å²) < 4.78 is 24.3. The highest BCUT2D eigenvalue weighted by atomic mass is 16.7. The third-order valence-corrected chi connectivity index (χ3v) is 6.95. The molecule has 1 aromatic heterocycles. The van der Waals surface area contributed by atoms with Crippen molar-refractivity contribution in [1.82, 2.24) is 9.55 Å². The van der Waals surface area contributed by atoms with E-state index >= 15 is 0 Å². The highest BCUT2D eigenvalue weighted by Crippen LogP contribution is 2.39. The third-order valence-electron chi connectivity index (χ3n) is 6.95. The van der Waals surface area contributed by atoms with E-state index in [0.29, 0.717) is 31.1 Å². The summed E-state index contributed by atoms with van der Waals surface area (Å²) in [6, 6.07) is 21.5. The molecule has 0 N–H and O–H groups in total. The van der Waals surface area contributed by atoms with Crippen LogP contribution < -0.4 is 23.8 Å². The Hall–Kier alpha value is -4.20. The summed E-state index contributed by atoms with van der Waals surface area (Å²) in [5.74, 6) is 4.12. The van der Waals surface area contributed by atoms with E-state index in [9.17, 15) is 4.79 Å². The summed E-state index contributed by atoms with van der Waals surface area (Å²) in [7, 11) is 1.65. The normalized spacial score (nSPS) is 16.5. The lowest BCUT2D eigenvalue weighted by Crippen LogP contribution is -2.24. The van der Waals surface area contributed by atoms with Crippen molar-refractivity contribution in [3.63, 3.8) is 0 Å². The van der Waals surface area contributed by atoms with Gasteiger partial charge in [-0.3, -0.25) is 4.79 Å². The van der Waals surface area contributed by atoms with E-state index in [1.165, 1.54) is 0 Å². The van der Waals surface area contributed by atoms with Crippen molar-refractivity contribution in [2.24, 2.45) is 0 Å². The Morgan fingerprint density at radius 1 is 0.973 bits per heavy atom. The molecule has 8 nitrogen and oxygen atoms in total. The predicted octanol–water partition coefficient (Wildman–Crippen LogP) is 5.15. The number of hydrogen-bond donors (Lipinski definition) is 0. The first-order chi connectivity index (χ1) is 18.2. The van der Waals surface area contributed by atoms with E-state index in [0.717, 1.165) is 53.4 Å². The van der Waals surface area contributed by atoms with Gasteiger partial charge in [0.15, 0.2) is 11.5 Å². The minimum absolute atomic E-state index is 0.0147. The van der Waals surface area contributed by atoms with E-state index in [4.69, 9.17) is 23.9 Å². The Bertz CT molecular complexity index is 1420. The van der Waals surface area contributed by atoms with Crippen LogP contribution in [0, 0.1) is 0 Å². The first kappa shape index (κ1) is 23.2. The maximum Gasteiger partial charge on any atom is 0.231 e. The molecule has 1 unspecified atom stereocenters. The van der Waals surface area contributed by atoms with Crippen LogP contribution >= 0.6 is 0 Å². The second-order valence-corrected chi connectivity index (χ2v) is 9.28. The van der Waals surface area contributed by atoms with Crippen molar-refractivity contribution in [3.8, 4) is 23.0 Å². The van der Waals surface area contributed by atoms with Gasteiger partial charge in [-0.05, 0) is 61.4 Å². The Labute approximate surface area is 215 Å². The number of para-hydroxylation sites is 2. The number of imidazole rings is 1. The summed E-state index contributed by atoms with van der Waals surface area (Å²) >= 11 is 0. The van der Waals surface area contributed by atoms with Gasteiger partial charge in [-0.15, -0.1) is 0 Å². The molecule has 3 aromatic carbocycles. The zero-order valence-corrected chi connectivity index (χ0v) is 20.8. The number of aromatic nitrogens is 2. The van der Waals surface area contributed by atoms with Crippen LogP contribution in [0.4, 0.5) is 5.69 Å². The van der Waals surface area contributed by atoms with Crippen LogP contribution in [-0.2, 0) is 11.3 Å². The van der Waals surface area contributed by atoms with Crippen LogP contribution in [0.1, 0.15) is 31.0 Å². The molecule has 1 saturated heterocycles. The van der Waals surface area contributed by atoms with Gasteiger partial charge in [0.05, 0.1) is 24.8 Å². The lowest BCUT2D eigenvalue weighted by Gasteiger charge is -2.18. The van der Waals surface area contributed by atoms with Crippen LogP contribution in [-0.4, -0.2) is 42.5 Å². The maximum atomic E-state index is 13.1. The number of fused-ring (bicyclic) bond motifs is 2. The van der Waals surface area contributed by atoms with Crippen LogP contribution in [0.3, 0.4) is 0 Å². The standard InChI is InChI=1S/C29H29N3O5/c1-34-22-9-11-23(12-10-22)35-15-5-4-14-31-25-7-3-2-6-24(25)30-29(31)20-16-28(33)32(18-20)21-8-13-26-27(17-21)37-19-36-26/h2-3,6-13,17,20H,4-5,14-16,18-19H2,1H3. The van der Waals surface area contributed by atoms with E-state index in [1.54, 1.807) is 7.11 Å². The lowest BCUT2D eigenvalue weighted by molar-refractivity contribution is -0.117. The second kappa shape index (κ2) is 10.0. The number of carbonyl (C=O) groups is 1. The van der Waals surface area contributed by atoms with Gasteiger partial charge in [0, 0.05) is 37.2 Å². The smallest absolute Gasteiger partial charge is 0.231 e. The SMILES string of the molecule is COc1ccc(OCCCCn2c(C3CC(=O)N(c4ccc5c(c4)OCO5)C3)nc3ccccc32)cc1. The molecule has 0 bridgehead atoms. The summed E-state index contributed by atoms with van der Waals surface area (Å²) in [5, 5.41) is 0. The van der Waals surface area contributed by atoms with E-state index in [1.807, 2.05) is 65.6 Å². The summed E-state index contributed by atoms with van der Waals surface area (Å²) in [6.45, 7) is 2.25. The number of nitrogens with zero attached hydrogens (tertiary/aromatic N) is 3. The molecule has 1 amide bonds. The molecule has 2 aliphatic rings. The number of amides is 1. The molecule has 0 radical (unpaired) electrons. The summed E-state index contributed by atoms with van der Waals surface area (Å²) in [4.78, 5) is 19.9. The molecule has 1 fully saturated rings. The monoisotopic (exact) mass is 499 g/mol. The second-order valence-electron chi connectivity index (χ2n) is 9.28. The van der Waals surface area contributed by atoms with Crippen molar-refractivity contribution in [2.75, 3.05) is 32.0 Å². The fraction of sp³-hybridized carbons (Fsp3) is 0.310. The first-order valence-electron chi connectivity index (χ1n) is 12.6. The molecule has 190 valence electrons. The van der Waals surface area contributed by atoms with E-state index in [-0.39, 0.29) is 18.6 Å². The fourth-order valence-electron chi connectivity index (χ4n) is 5.06. The number of benzene rings is 3.